The van der Waals surface area contributed by atoms with E-state index in [0.717, 1.165) is 24.9 Å². The van der Waals surface area contributed by atoms with E-state index < -0.39 is 6.04 Å². The van der Waals surface area contributed by atoms with Gasteiger partial charge in [-0.3, -0.25) is 9.59 Å². The smallest absolute Gasteiger partial charge is 0.245 e. The van der Waals surface area contributed by atoms with Crippen LogP contribution in [0.4, 0.5) is 0 Å². The number of nitrogens with one attached hydrogen (secondary N) is 2. The molecule has 6 nitrogen and oxygen atoms in total. The van der Waals surface area contributed by atoms with Gasteiger partial charge >= 0.3 is 0 Å². The highest BCUT2D eigenvalue weighted by Crippen LogP contribution is 2.19. The van der Waals surface area contributed by atoms with E-state index in [0.29, 0.717) is 6.42 Å². The van der Waals surface area contributed by atoms with Crippen LogP contribution in [0.2, 0.25) is 0 Å². The van der Waals surface area contributed by atoms with Crippen molar-refractivity contribution in [2.75, 3.05) is 13.6 Å². The lowest BCUT2D eigenvalue weighted by atomic mass is 10.0. The number of likely N-dealkylation sites (N-methyl/N-ethyl adjacent to an activating group) is 1. The number of nitrogens with zero attached hydrogens (tertiary/aromatic N) is 1. The zero-order chi connectivity index (χ0) is 17.7. The monoisotopic (exact) mass is 333 g/mol. The van der Waals surface area contributed by atoms with Crippen molar-refractivity contribution in [2.24, 2.45) is 0 Å². The fraction of sp³-hybridized carbons (Fsp3) is 0.556. The van der Waals surface area contributed by atoms with Crippen molar-refractivity contribution in [3.05, 3.63) is 29.8 Å². The molecule has 1 aromatic rings. The molecule has 3 atom stereocenters. The van der Waals surface area contributed by atoms with Crippen molar-refractivity contribution in [1.82, 2.24) is 15.5 Å². The van der Waals surface area contributed by atoms with Crippen LogP contribution in [0.1, 0.15) is 32.3 Å². The third kappa shape index (κ3) is 4.47. The first kappa shape index (κ1) is 18.3. The SMILES string of the molecule is CN[C@@H](C)C(=O)N[C@@H](Cc1ccc(O)cc1)C(=O)N1CCC[C@H]1C. The highest BCUT2D eigenvalue weighted by Gasteiger charge is 2.32. The summed E-state index contributed by atoms with van der Waals surface area (Å²) in [6.07, 6.45) is 2.41. The van der Waals surface area contributed by atoms with Gasteiger partial charge in [0.2, 0.25) is 11.8 Å². The summed E-state index contributed by atoms with van der Waals surface area (Å²) >= 11 is 0. The number of carbonyl (C=O) groups excluding carboxylic acids is 2. The number of aromatic hydroxyl groups is 1. The first-order chi connectivity index (χ1) is 11.4. The molecule has 1 aromatic carbocycles. The Balaban J connectivity index is 2.15. The van der Waals surface area contributed by atoms with Crippen molar-refractivity contribution in [3.8, 4) is 5.75 Å². The van der Waals surface area contributed by atoms with Crippen LogP contribution in [0.3, 0.4) is 0 Å². The number of phenolic OH excluding ortho intramolecular Hbond substituents is 1. The number of carbonyl (C=O) groups is 2. The molecule has 1 aliphatic rings. The Morgan fingerprint density at radius 2 is 2.00 bits per heavy atom. The molecule has 0 unspecified atom stereocenters. The molecule has 1 fully saturated rings. The fourth-order valence-electron chi connectivity index (χ4n) is 2.96. The van der Waals surface area contributed by atoms with E-state index in [-0.39, 0.29) is 29.6 Å². The summed E-state index contributed by atoms with van der Waals surface area (Å²) in [6, 6.07) is 5.97. The van der Waals surface area contributed by atoms with E-state index in [1.54, 1.807) is 38.2 Å². The predicted molar refractivity (Wildman–Crippen MR) is 92.7 cm³/mol. The van der Waals surface area contributed by atoms with Crippen LogP contribution >= 0.6 is 0 Å². The van der Waals surface area contributed by atoms with Gasteiger partial charge in [-0.2, -0.15) is 0 Å². The molecule has 0 radical (unpaired) electrons. The molecule has 1 saturated heterocycles. The second-order valence-corrected chi connectivity index (χ2v) is 6.46. The van der Waals surface area contributed by atoms with Gasteiger partial charge in [-0.25, -0.2) is 0 Å². The lowest BCUT2D eigenvalue weighted by molar-refractivity contribution is -0.137. The maximum absolute atomic E-state index is 12.9. The number of hydrogen-bond acceptors (Lipinski definition) is 4. The van der Waals surface area contributed by atoms with Crippen molar-refractivity contribution >= 4 is 11.8 Å². The third-order valence-electron chi connectivity index (χ3n) is 4.65. The predicted octanol–water partition coefficient (Wildman–Crippen LogP) is 1.04. The zero-order valence-corrected chi connectivity index (χ0v) is 14.6. The van der Waals surface area contributed by atoms with E-state index >= 15 is 0 Å². The van der Waals surface area contributed by atoms with Gasteiger partial charge in [-0.15, -0.1) is 0 Å². The van der Waals surface area contributed by atoms with E-state index in [1.165, 1.54) is 0 Å². The number of amides is 2. The molecule has 0 bridgehead atoms. The molecular weight excluding hydrogens is 306 g/mol. The number of phenols is 1. The molecule has 0 spiro atoms. The summed E-state index contributed by atoms with van der Waals surface area (Å²) in [5.74, 6) is -0.0474. The fourth-order valence-corrected chi connectivity index (χ4v) is 2.96. The summed E-state index contributed by atoms with van der Waals surface area (Å²) in [7, 11) is 1.71. The lowest BCUT2D eigenvalue weighted by Crippen LogP contribution is -2.53. The lowest BCUT2D eigenvalue weighted by Gasteiger charge is -2.28. The number of likely N-dealkylation sites (tertiary alicyclic amines) is 1. The Kier molecular flexibility index (Phi) is 6.20. The molecule has 0 saturated carbocycles. The van der Waals surface area contributed by atoms with Crippen LogP contribution < -0.4 is 10.6 Å². The Morgan fingerprint density at radius 1 is 1.33 bits per heavy atom. The van der Waals surface area contributed by atoms with E-state index in [4.69, 9.17) is 0 Å². The third-order valence-corrected chi connectivity index (χ3v) is 4.65. The second-order valence-electron chi connectivity index (χ2n) is 6.46. The average molecular weight is 333 g/mol. The summed E-state index contributed by atoms with van der Waals surface area (Å²) in [5, 5.41) is 15.2. The maximum Gasteiger partial charge on any atom is 0.245 e. The minimum absolute atomic E-state index is 0.0373. The molecule has 132 valence electrons. The Morgan fingerprint density at radius 3 is 2.54 bits per heavy atom. The summed E-state index contributed by atoms with van der Waals surface area (Å²) in [6.45, 7) is 4.54. The molecule has 0 aromatic heterocycles. The van der Waals surface area contributed by atoms with Gasteiger partial charge in [0.05, 0.1) is 6.04 Å². The van der Waals surface area contributed by atoms with Crippen LogP contribution in [-0.2, 0) is 16.0 Å². The molecule has 3 N–H and O–H groups in total. The molecule has 1 aliphatic heterocycles. The van der Waals surface area contributed by atoms with Crippen LogP contribution in [0.25, 0.3) is 0 Å². The van der Waals surface area contributed by atoms with Crippen molar-refractivity contribution in [3.63, 3.8) is 0 Å². The largest absolute Gasteiger partial charge is 0.508 e. The molecule has 2 amide bonds. The Hall–Kier alpha value is -2.08. The Labute approximate surface area is 143 Å². The van der Waals surface area contributed by atoms with Gasteiger partial charge in [0.1, 0.15) is 11.8 Å². The van der Waals surface area contributed by atoms with Gasteiger partial charge in [0.15, 0.2) is 0 Å². The van der Waals surface area contributed by atoms with Crippen LogP contribution in [0.15, 0.2) is 24.3 Å². The van der Waals surface area contributed by atoms with Crippen molar-refractivity contribution in [1.29, 1.82) is 0 Å². The molecule has 1 heterocycles. The summed E-state index contributed by atoms with van der Waals surface area (Å²) in [4.78, 5) is 27.0. The standard InChI is InChI=1S/C18H27N3O3/c1-12-5-4-10-21(12)18(24)16(20-17(23)13(2)19-3)11-14-6-8-15(22)9-7-14/h6-9,12-13,16,19,22H,4-5,10-11H2,1-3H3,(H,20,23)/t12-,13+,16+/m1/s1. The van der Waals surface area contributed by atoms with Crippen LogP contribution in [-0.4, -0.2) is 53.5 Å². The topological polar surface area (TPSA) is 81.7 Å². The minimum atomic E-state index is -0.599. The van der Waals surface area contributed by atoms with E-state index in [2.05, 4.69) is 10.6 Å². The Bertz CT molecular complexity index is 573. The second kappa shape index (κ2) is 8.15. The minimum Gasteiger partial charge on any atom is -0.508 e. The number of rotatable bonds is 6. The van der Waals surface area contributed by atoms with Crippen molar-refractivity contribution in [2.45, 2.75) is 51.2 Å². The molecule has 6 heteroatoms. The molecule has 2 rings (SSSR count). The first-order valence-corrected chi connectivity index (χ1v) is 8.48. The molecule has 24 heavy (non-hydrogen) atoms. The van der Waals surface area contributed by atoms with Crippen LogP contribution in [0, 0.1) is 0 Å². The van der Waals surface area contributed by atoms with Crippen molar-refractivity contribution < 1.29 is 14.7 Å². The van der Waals surface area contributed by atoms with Crippen LogP contribution in [0.5, 0.6) is 5.75 Å². The van der Waals surface area contributed by atoms with E-state index in [1.807, 2.05) is 11.8 Å². The molecule has 0 aliphatic carbocycles. The van der Waals surface area contributed by atoms with Gasteiger partial charge in [-0.1, -0.05) is 12.1 Å². The maximum atomic E-state index is 12.9. The molecular formula is C18H27N3O3. The summed E-state index contributed by atoms with van der Waals surface area (Å²) in [5.41, 5.74) is 0.899. The zero-order valence-electron chi connectivity index (χ0n) is 14.6. The van der Waals surface area contributed by atoms with Gasteiger partial charge in [-0.05, 0) is 51.4 Å². The highest BCUT2D eigenvalue weighted by molar-refractivity contribution is 5.90. The number of benzene rings is 1. The van der Waals surface area contributed by atoms with Gasteiger partial charge < -0.3 is 20.6 Å². The quantitative estimate of drug-likeness (QED) is 0.726. The normalized spacial score (nSPS) is 19.8. The summed E-state index contributed by atoms with van der Waals surface area (Å²) < 4.78 is 0. The van der Waals surface area contributed by atoms with Gasteiger partial charge in [0, 0.05) is 19.0 Å². The van der Waals surface area contributed by atoms with E-state index in [9.17, 15) is 14.7 Å². The number of hydrogen-bond donors (Lipinski definition) is 3. The first-order valence-electron chi connectivity index (χ1n) is 8.48. The average Bonchev–Trinajstić information content (AvgIpc) is 3.00. The van der Waals surface area contributed by atoms with Gasteiger partial charge in [0.25, 0.3) is 0 Å². The highest BCUT2D eigenvalue weighted by atomic mass is 16.3.